The molecular weight excluding hydrogens is 344 g/mol. The Morgan fingerprint density at radius 2 is 1.80 bits per heavy atom. The van der Waals surface area contributed by atoms with Gasteiger partial charge in [-0.15, -0.1) is 0 Å². The smallest absolute Gasteiger partial charge is 0.261 e. The van der Waals surface area contributed by atoms with E-state index in [1.807, 2.05) is 6.92 Å². The van der Waals surface area contributed by atoms with Crippen molar-refractivity contribution in [3.63, 3.8) is 0 Å². The molecule has 7 nitrogen and oxygen atoms in total. The lowest BCUT2D eigenvalue weighted by atomic mass is 10.2. The molecule has 0 radical (unpaired) electrons. The molecule has 0 aromatic heterocycles. The molecule has 25 heavy (non-hydrogen) atoms. The third-order valence-corrected chi connectivity index (χ3v) is 4.62. The molecule has 0 saturated carbocycles. The SMILES string of the molecule is CCOc1ccc(NS(=O)(=O)c2ccc(OCC(N)=O)c(C)c2)cc1. The number of nitrogens with two attached hydrogens (primary N) is 1. The van der Waals surface area contributed by atoms with Crippen molar-refractivity contribution in [2.75, 3.05) is 17.9 Å². The van der Waals surface area contributed by atoms with Crippen molar-refractivity contribution in [3.8, 4) is 11.5 Å². The molecule has 0 heterocycles. The lowest BCUT2D eigenvalue weighted by molar-refractivity contribution is -0.119. The number of aryl methyl sites for hydroxylation is 1. The summed E-state index contributed by atoms with van der Waals surface area (Å²) in [6, 6.07) is 11.0. The zero-order chi connectivity index (χ0) is 18.4. The number of carbonyl (C=O) groups is 1. The Balaban J connectivity index is 2.15. The van der Waals surface area contributed by atoms with Gasteiger partial charge in [0.2, 0.25) is 0 Å². The first-order chi connectivity index (χ1) is 11.8. The number of hydrogen-bond donors (Lipinski definition) is 2. The predicted octanol–water partition coefficient (Wildman–Crippen LogP) is 2.06. The molecule has 1 amide bonds. The monoisotopic (exact) mass is 364 g/mol. The second-order valence-electron chi connectivity index (χ2n) is 5.25. The molecule has 0 aliphatic carbocycles. The van der Waals surface area contributed by atoms with E-state index in [1.165, 1.54) is 18.2 Å². The number of nitrogens with one attached hydrogen (secondary N) is 1. The summed E-state index contributed by atoms with van der Waals surface area (Å²) >= 11 is 0. The van der Waals surface area contributed by atoms with Gasteiger partial charge in [-0.05, 0) is 61.9 Å². The number of sulfonamides is 1. The Morgan fingerprint density at radius 3 is 2.36 bits per heavy atom. The van der Waals surface area contributed by atoms with E-state index in [4.69, 9.17) is 15.2 Å². The first kappa shape index (κ1) is 18.6. The number of carbonyl (C=O) groups excluding carboxylic acids is 1. The van der Waals surface area contributed by atoms with E-state index in [0.717, 1.165) is 0 Å². The normalized spacial score (nSPS) is 11.0. The molecule has 0 fully saturated rings. The van der Waals surface area contributed by atoms with E-state index in [1.54, 1.807) is 31.2 Å². The number of ether oxygens (including phenoxy) is 2. The van der Waals surface area contributed by atoms with Gasteiger partial charge < -0.3 is 15.2 Å². The summed E-state index contributed by atoms with van der Waals surface area (Å²) in [4.78, 5) is 10.8. The molecule has 0 unspecified atom stereocenters. The molecule has 0 aliphatic heterocycles. The van der Waals surface area contributed by atoms with E-state index in [2.05, 4.69) is 4.72 Å². The highest BCUT2D eigenvalue weighted by atomic mass is 32.2. The maximum absolute atomic E-state index is 12.5. The minimum Gasteiger partial charge on any atom is -0.494 e. The maximum Gasteiger partial charge on any atom is 0.261 e. The van der Waals surface area contributed by atoms with Gasteiger partial charge in [0, 0.05) is 5.69 Å². The van der Waals surface area contributed by atoms with Crippen LogP contribution in [0.2, 0.25) is 0 Å². The van der Waals surface area contributed by atoms with Crippen LogP contribution >= 0.6 is 0 Å². The average molecular weight is 364 g/mol. The van der Waals surface area contributed by atoms with Crippen molar-refractivity contribution in [1.29, 1.82) is 0 Å². The maximum atomic E-state index is 12.5. The fourth-order valence-electron chi connectivity index (χ4n) is 2.10. The highest BCUT2D eigenvalue weighted by Gasteiger charge is 2.16. The van der Waals surface area contributed by atoms with E-state index in [9.17, 15) is 13.2 Å². The Hall–Kier alpha value is -2.74. The third kappa shape index (κ3) is 5.12. The molecule has 0 saturated heterocycles. The van der Waals surface area contributed by atoms with Crippen LogP contribution in [-0.2, 0) is 14.8 Å². The Kier molecular flexibility index (Phi) is 5.87. The summed E-state index contributed by atoms with van der Waals surface area (Å²) in [5.74, 6) is 0.462. The second kappa shape index (κ2) is 7.89. The van der Waals surface area contributed by atoms with Crippen LogP contribution in [0.25, 0.3) is 0 Å². The molecule has 134 valence electrons. The van der Waals surface area contributed by atoms with Gasteiger partial charge >= 0.3 is 0 Å². The highest BCUT2D eigenvalue weighted by Crippen LogP contribution is 2.24. The van der Waals surface area contributed by atoms with Crippen molar-refractivity contribution in [2.45, 2.75) is 18.7 Å². The largest absolute Gasteiger partial charge is 0.494 e. The van der Waals surface area contributed by atoms with Gasteiger partial charge in [0.1, 0.15) is 11.5 Å². The zero-order valence-corrected chi connectivity index (χ0v) is 14.8. The minimum absolute atomic E-state index is 0.0882. The van der Waals surface area contributed by atoms with E-state index in [-0.39, 0.29) is 11.5 Å². The van der Waals surface area contributed by atoms with Crippen LogP contribution in [0.5, 0.6) is 11.5 Å². The van der Waals surface area contributed by atoms with E-state index >= 15 is 0 Å². The predicted molar refractivity (Wildman–Crippen MR) is 94.3 cm³/mol. The summed E-state index contributed by atoms with van der Waals surface area (Å²) in [7, 11) is -3.75. The summed E-state index contributed by atoms with van der Waals surface area (Å²) < 4.78 is 38.0. The molecule has 3 N–H and O–H groups in total. The first-order valence-electron chi connectivity index (χ1n) is 7.59. The lowest BCUT2D eigenvalue weighted by Gasteiger charge is -2.12. The van der Waals surface area contributed by atoms with Gasteiger partial charge in [-0.1, -0.05) is 0 Å². The van der Waals surface area contributed by atoms with Gasteiger partial charge in [0.25, 0.3) is 15.9 Å². The quantitative estimate of drug-likeness (QED) is 0.745. The fraction of sp³-hybridized carbons (Fsp3) is 0.235. The minimum atomic E-state index is -3.75. The Bertz CT molecular complexity index is 848. The van der Waals surface area contributed by atoms with Gasteiger partial charge in [-0.25, -0.2) is 8.42 Å². The Morgan fingerprint density at radius 1 is 1.12 bits per heavy atom. The van der Waals surface area contributed by atoms with Crippen molar-refractivity contribution in [1.82, 2.24) is 0 Å². The third-order valence-electron chi connectivity index (χ3n) is 3.24. The van der Waals surface area contributed by atoms with Crippen molar-refractivity contribution in [2.24, 2.45) is 5.73 Å². The number of anilines is 1. The van der Waals surface area contributed by atoms with Gasteiger partial charge in [0.05, 0.1) is 11.5 Å². The molecule has 8 heteroatoms. The molecule has 2 aromatic rings. The van der Waals surface area contributed by atoms with Crippen LogP contribution in [0, 0.1) is 6.92 Å². The molecular formula is C17H20N2O5S. The van der Waals surface area contributed by atoms with Crippen LogP contribution in [0.4, 0.5) is 5.69 Å². The van der Waals surface area contributed by atoms with E-state index < -0.39 is 15.9 Å². The molecule has 0 bridgehead atoms. The molecule has 0 aliphatic rings. The summed E-state index contributed by atoms with van der Waals surface area (Å²) in [5, 5.41) is 0. The molecule has 0 spiro atoms. The average Bonchev–Trinajstić information content (AvgIpc) is 2.55. The first-order valence-corrected chi connectivity index (χ1v) is 9.07. The molecule has 0 atom stereocenters. The molecule has 2 aromatic carbocycles. The number of amides is 1. The van der Waals surface area contributed by atoms with Crippen molar-refractivity contribution < 1.29 is 22.7 Å². The summed E-state index contributed by atoms with van der Waals surface area (Å²) in [5.41, 5.74) is 6.03. The Labute approximate surface area is 146 Å². The molecule has 2 rings (SSSR count). The summed E-state index contributed by atoms with van der Waals surface area (Å²) in [6.45, 7) is 3.83. The second-order valence-corrected chi connectivity index (χ2v) is 6.93. The van der Waals surface area contributed by atoms with Gasteiger partial charge in [-0.2, -0.15) is 0 Å². The van der Waals surface area contributed by atoms with Crippen LogP contribution in [-0.4, -0.2) is 27.5 Å². The topological polar surface area (TPSA) is 108 Å². The number of benzene rings is 2. The summed E-state index contributed by atoms with van der Waals surface area (Å²) in [6.07, 6.45) is 0. The highest BCUT2D eigenvalue weighted by molar-refractivity contribution is 7.92. The lowest BCUT2D eigenvalue weighted by Crippen LogP contribution is -2.20. The van der Waals surface area contributed by atoms with Crippen LogP contribution in [0.15, 0.2) is 47.4 Å². The van der Waals surface area contributed by atoms with Crippen LogP contribution < -0.4 is 19.9 Å². The zero-order valence-electron chi connectivity index (χ0n) is 14.0. The van der Waals surface area contributed by atoms with Crippen LogP contribution in [0.3, 0.4) is 0 Å². The van der Waals surface area contributed by atoms with Crippen molar-refractivity contribution in [3.05, 3.63) is 48.0 Å². The van der Waals surface area contributed by atoms with Crippen LogP contribution in [0.1, 0.15) is 12.5 Å². The number of rotatable bonds is 8. The number of hydrogen-bond acceptors (Lipinski definition) is 5. The fourth-order valence-corrected chi connectivity index (χ4v) is 3.24. The van der Waals surface area contributed by atoms with Gasteiger partial charge in [0.15, 0.2) is 6.61 Å². The van der Waals surface area contributed by atoms with Gasteiger partial charge in [-0.3, -0.25) is 9.52 Å². The van der Waals surface area contributed by atoms with Crippen molar-refractivity contribution >= 4 is 21.6 Å². The number of primary amides is 1. The standard InChI is InChI=1S/C17H20N2O5S/c1-3-23-14-6-4-13(5-7-14)19-25(21,22)15-8-9-16(12(2)10-15)24-11-17(18)20/h4-10,19H,3,11H2,1-2H3,(H2,18,20). The van der Waals surface area contributed by atoms with E-state index in [0.29, 0.717) is 29.4 Å².